The van der Waals surface area contributed by atoms with Crippen molar-refractivity contribution in [1.82, 2.24) is 19.9 Å². The van der Waals surface area contributed by atoms with E-state index in [0.717, 1.165) is 78.2 Å². The Balaban J connectivity index is 0.000000180. The lowest BCUT2D eigenvalue weighted by molar-refractivity contribution is 0.100. The number of fused-ring (bicyclic) bond motifs is 2. The van der Waals surface area contributed by atoms with Gasteiger partial charge in [0.1, 0.15) is 0 Å². The quantitative estimate of drug-likeness (QED) is 0.113. The number of Topliss-reactive ketones (excluding diaryl/α,β-unsaturated/α-hetero) is 1. The van der Waals surface area contributed by atoms with Gasteiger partial charge in [-0.25, -0.2) is 15.0 Å². The molecule has 0 aliphatic rings. The lowest BCUT2D eigenvalue weighted by atomic mass is 9.93. The maximum absolute atomic E-state index is 11.8. The largest absolute Gasteiger partial charge is 0.336 e. The van der Waals surface area contributed by atoms with Crippen molar-refractivity contribution in [2.24, 2.45) is 4.99 Å². The van der Waals surface area contributed by atoms with E-state index in [4.69, 9.17) is 9.98 Å². The van der Waals surface area contributed by atoms with Gasteiger partial charge in [0.2, 0.25) is 0 Å². The molecule has 0 unspecified atom stereocenters. The van der Waals surface area contributed by atoms with E-state index in [2.05, 4.69) is 165 Å². The maximum atomic E-state index is 11.8. The molecular formula is C54H49N5O. The molecule has 0 bridgehead atoms. The van der Waals surface area contributed by atoms with E-state index in [1.165, 1.54) is 23.6 Å². The van der Waals surface area contributed by atoms with Crippen LogP contribution in [0.3, 0.4) is 0 Å². The number of benzene rings is 7. The van der Waals surface area contributed by atoms with Gasteiger partial charge in [0.15, 0.2) is 17.4 Å². The molecule has 0 radical (unpaired) electrons. The van der Waals surface area contributed by atoms with E-state index >= 15 is 0 Å². The van der Waals surface area contributed by atoms with Crippen LogP contribution in [0, 0.1) is 0 Å². The summed E-state index contributed by atoms with van der Waals surface area (Å²) in [5, 5.41) is 0. The first kappa shape index (κ1) is 39.6. The monoisotopic (exact) mass is 783 g/mol. The van der Waals surface area contributed by atoms with Gasteiger partial charge in [0.25, 0.3) is 0 Å². The van der Waals surface area contributed by atoms with Gasteiger partial charge >= 0.3 is 0 Å². The second kappa shape index (κ2) is 17.4. The molecule has 296 valence electrons. The van der Waals surface area contributed by atoms with Gasteiger partial charge < -0.3 is 9.97 Å². The Morgan fingerprint density at radius 2 is 0.800 bits per heavy atom. The molecule has 7 aromatic carbocycles. The summed E-state index contributed by atoms with van der Waals surface area (Å²) in [7, 11) is 0. The Labute approximate surface area is 352 Å². The number of nitrogens with one attached hydrogen (secondary N) is 2. The topological polar surface area (TPSA) is 86.8 Å². The average Bonchev–Trinajstić information content (AvgIpc) is 3.94. The number of aromatic amines is 2. The molecular weight excluding hydrogens is 735 g/mol. The molecule has 0 atom stereocenters. The van der Waals surface area contributed by atoms with Crippen LogP contribution in [0.4, 0.5) is 5.69 Å². The standard InChI is InChI=1S/C33H33N3.C21H16N2O/c1-21(2)26-17-12-18-27(22(3)4)30(26)34-23(5)33-35-31-28(24-13-8-6-9-14-24)19-20-29(32(31)36-33)25-15-10-7-11-16-25;1-14(24)21-22-19-17(15-8-4-2-5-9-15)12-13-18(20(19)23-21)16-10-6-3-7-11-16/h6-22H,1-5H3,(H,35,36);2-13H,1H3,(H,22,23). The van der Waals surface area contributed by atoms with Crippen LogP contribution in [0.5, 0.6) is 0 Å². The number of hydrogen-bond donors (Lipinski definition) is 2. The highest BCUT2D eigenvalue weighted by Gasteiger charge is 2.19. The van der Waals surface area contributed by atoms with Gasteiger partial charge in [-0.1, -0.05) is 191 Å². The van der Waals surface area contributed by atoms with E-state index in [9.17, 15) is 4.79 Å². The zero-order chi connectivity index (χ0) is 41.8. The van der Waals surface area contributed by atoms with E-state index in [1.54, 1.807) is 0 Å². The van der Waals surface area contributed by atoms with Crippen molar-refractivity contribution in [3.8, 4) is 44.5 Å². The summed E-state index contributed by atoms with van der Waals surface area (Å²) in [5.41, 5.74) is 17.1. The number of nitrogens with zero attached hydrogens (tertiary/aromatic N) is 3. The smallest absolute Gasteiger partial charge is 0.195 e. The third-order valence-corrected chi connectivity index (χ3v) is 10.9. The van der Waals surface area contributed by atoms with Crippen molar-refractivity contribution in [1.29, 1.82) is 0 Å². The number of aliphatic imine (C=N–C) groups is 1. The number of hydrogen-bond acceptors (Lipinski definition) is 4. The summed E-state index contributed by atoms with van der Waals surface area (Å²) in [6.45, 7) is 12.5. The Morgan fingerprint density at radius 1 is 0.450 bits per heavy atom. The minimum absolute atomic E-state index is 0.0655. The van der Waals surface area contributed by atoms with Crippen LogP contribution in [0.15, 0.2) is 169 Å². The van der Waals surface area contributed by atoms with E-state index < -0.39 is 0 Å². The average molecular weight is 784 g/mol. The summed E-state index contributed by atoms with van der Waals surface area (Å²) in [5.74, 6) is 1.91. The molecule has 9 rings (SSSR count). The van der Waals surface area contributed by atoms with Crippen molar-refractivity contribution in [2.75, 3.05) is 0 Å². The summed E-state index contributed by atoms with van der Waals surface area (Å²) >= 11 is 0. The Bertz CT molecular complexity index is 2760. The SMILES string of the molecule is CC(=Nc1c(C(C)C)cccc1C(C)C)c1nc2c(-c3ccccc3)ccc(-c3ccccc3)c2[nH]1.CC(=O)c1nc2c(-c3ccccc3)ccc(-c3ccccc3)c2[nH]1. The first-order valence-electron chi connectivity index (χ1n) is 20.6. The molecule has 9 aromatic rings. The maximum Gasteiger partial charge on any atom is 0.195 e. The fourth-order valence-corrected chi connectivity index (χ4v) is 7.80. The van der Waals surface area contributed by atoms with Gasteiger partial charge in [-0.05, 0) is 52.1 Å². The number of carbonyl (C=O) groups is 1. The van der Waals surface area contributed by atoms with Gasteiger partial charge in [0.05, 0.1) is 33.5 Å². The van der Waals surface area contributed by atoms with Crippen LogP contribution in [0.25, 0.3) is 66.6 Å². The first-order valence-corrected chi connectivity index (χ1v) is 20.6. The van der Waals surface area contributed by atoms with Gasteiger partial charge in [-0.15, -0.1) is 0 Å². The molecule has 6 nitrogen and oxygen atoms in total. The molecule has 0 aliphatic carbocycles. The number of para-hydroxylation sites is 1. The van der Waals surface area contributed by atoms with Crippen LogP contribution in [0.2, 0.25) is 0 Å². The Hall–Kier alpha value is -7.18. The third kappa shape index (κ3) is 8.10. The summed E-state index contributed by atoms with van der Waals surface area (Å²) in [4.78, 5) is 33.6. The molecule has 60 heavy (non-hydrogen) atoms. The molecule has 2 heterocycles. The lowest BCUT2D eigenvalue weighted by Gasteiger charge is -2.16. The molecule has 0 aliphatic heterocycles. The Morgan fingerprint density at radius 3 is 1.18 bits per heavy atom. The molecule has 0 saturated heterocycles. The number of aromatic nitrogens is 4. The Kier molecular flexibility index (Phi) is 11.5. The summed E-state index contributed by atoms with van der Waals surface area (Å²) in [6, 6.07) is 56.3. The minimum Gasteiger partial charge on any atom is -0.336 e. The van der Waals surface area contributed by atoms with Crippen LogP contribution in [-0.2, 0) is 0 Å². The van der Waals surface area contributed by atoms with Crippen molar-refractivity contribution < 1.29 is 4.79 Å². The van der Waals surface area contributed by atoms with Crippen LogP contribution < -0.4 is 0 Å². The molecule has 0 fully saturated rings. The van der Waals surface area contributed by atoms with Gasteiger partial charge in [0, 0.05) is 29.2 Å². The first-order chi connectivity index (χ1) is 29.2. The fraction of sp³-hybridized carbons (Fsp3) is 0.148. The molecule has 6 heteroatoms. The highest BCUT2D eigenvalue weighted by atomic mass is 16.1. The van der Waals surface area contributed by atoms with Gasteiger partial charge in [-0.2, -0.15) is 0 Å². The second-order valence-electron chi connectivity index (χ2n) is 15.8. The number of imidazole rings is 2. The van der Waals surface area contributed by atoms with Crippen LogP contribution in [-0.4, -0.2) is 31.4 Å². The normalized spacial score (nSPS) is 11.6. The van der Waals surface area contributed by atoms with E-state index in [1.807, 2.05) is 48.5 Å². The van der Waals surface area contributed by atoms with Crippen LogP contribution in [0.1, 0.15) is 80.9 Å². The highest BCUT2D eigenvalue weighted by molar-refractivity contribution is 6.07. The number of rotatable bonds is 9. The van der Waals surface area contributed by atoms with Crippen molar-refractivity contribution in [3.63, 3.8) is 0 Å². The van der Waals surface area contributed by atoms with E-state index in [0.29, 0.717) is 17.7 Å². The number of carbonyl (C=O) groups excluding carboxylic acids is 1. The minimum atomic E-state index is -0.0655. The second-order valence-corrected chi connectivity index (χ2v) is 15.8. The van der Waals surface area contributed by atoms with E-state index in [-0.39, 0.29) is 5.78 Å². The summed E-state index contributed by atoms with van der Waals surface area (Å²) in [6.07, 6.45) is 0. The van der Waals surface area contributed by atoms with Crippen LogP contribution >= 0.6 is 0 Å². The van der Waals surface area contributed by atoms with Crippen molar-refractivity contribution >= 4 is 39.2 Å². The zero-order valence-corrected chi connectivity index (χ0v) is 35.0. The number of H-pyrrole nitrogens is 2. The predicted molar refractivity (Wildman–Crippen MR) is 250 cm³/mol. The molecule has 2 N–H and O–H groups in total. The molecule has 0 saturated carbocycles. The molecule has 2 aromatic heterocycles. The fourth-order valence-electron chi connectivity index (χ4n) is 7.80. The predicted octanol–water partition coefficient (Wildman–Crippen LogP) is 14.4. The zero-order valence-electron chi connectivity index (χ0n) is 35.0. The van der Waals surface area contributed by atoms with Crippen molar-refractivity contribution in [2.45, 2.75) is 53.4 Å². The molecule has 0 amide bonds. The summed E-state index contributed by atoms with van der Waals surface area (Å²) < 4.78 is 0. The molecule has 0 spiro atoms. The van der Waals surface area contributed by atoms with Crippen molar-refractivity contribution in [3.05, 3.63) is 187 Å². The number of ketones is 1. The lowest BCUT2D eigenvalue weighted by Crippen LogP contribution is -2.01. The highest BCUT2D eigenvalue weighted by Crippen LogP contribution is 2.38. The van der Waals surface area contributed by atoms with Gasteiger partial charge in [-0.3, -0.25) is 4.79 Å². The third-order valence-electron chi connectivity index (χ3n) is 10.9.